The van der Waals surface area contributed by atoms with Crippen LogP contribution in [0.15, 0.2) is 24.3 Å². The molecule has 0 aromatic heterocycles. The first-order valence-corrected chi connectivity index (χ1v) is 28.3. The van der Waals surface area contributed by atoms with Crippen LogP contribution in [0.3, 0.4) is 0 Å². The second-order valence-corrected chi connectivity index (χ2v) is 19.2. The molecule has 6 nitrogen and oxygen atoms in total. The molecule has 64 heavy (non-hydrogen) atoms. The van der Waals surface area contributed by atoms with Crippen molar-refractivity contribution in [2.45, 2.75) is 316 Å². The van der Waals surface area contributed by atoms with Gasteiger partial charge in [0.2, 0.25) is 0 Å². The van der Waals surface area contributed by atoms with Crippen molar-refractivity contribution in [1.29, 1.82) is 0 Å². The highest BCUT2D eigenvalue weighted by atomic mass is 16.6. The van der Waals surface area contributed by atoms with Crippen LogP contribution in [0, 0.1) is 0 Å². The molecule has 0 aliphatic heterocycles. The Hall–Kier alpha value is -2.11. The number of esters is 3. The van der Waals surface area contributed by atoms with Gasteiger partial charge in [-0.3, -0.25) is 14.4 Å². The zero-order valence-electron chi connectivity index (χ0n) is 43.1. The lowest BCUT2D eigenvalue weighted by atomic mass is 10.0. The van der Waals surface area contributed by atoms with Crippen LogP contribution in [0.4, 0.5) is 0 Å². The van der Waals surface area contributed by atoms with Gasteiger partial charge in [0.1, 0.15) is 13.2 Å². The molecule has 0 N–H and O–H groups in total. The van der Waals surface area contributed by atoms with Crippen molar-refractivity contribution >= 4 is 17.9 Å². The van der Waals surface area contributed by atoms with Crippen LogP contribution in [-0.4, -0.2) is 37.2 Å². The molecule has 0 aromatic carbocycles. The fourth-order valence-corrected chi connectivity index (χ4v) is 8.36. The Kier molecular flexibility index (Phi) is 51.7. The van der Waals surface area contributed by atoms with Crippen LogP contribution < -0.4 is 0 Å². The van der Waals surface area contributed by atoms with Gasteiger partial charge in [-0.1, -0.05) is 251 Å². The Morgan fingerprint density at radius 1 is 0.297 bits per heavy atom. The number of unbranched alkanes of at least 4 members (excludes halogenated alkanes) is 37. The van der Waals surface area contributed by atoms with Crippen LogP contribution in [0.25, 0.3) is 0 Å². The summed E-state index contributed by atoms with van der Waals surface area (Å²) < 4.78 is 16.8. The van der Waals surface area contributed by atoms with Crippen molar-refractivity contribution in [2.24, 2.45) is 0 Å². The Morgan fingerprint density at radius 3 is 0.844 bits per heavy atom. The van der Waals surface area contributed by atoms with E-state index in [-0.39, 0.29) is 31.1 Å². The summed E-state index contributed by atoms with van der Waals surface area (Å²) in [4.78, 5) is 38.0. The van der Waals surface area contributed by atoms with E-state index in [1.54, 1.807) is 0 Å². The fraction of sp³-hybridized carbons (Fsp3) is 0.879. The van der Waals surface area contributed by atoms with Crippen LogP contribution >= 0.6 is 0 Å². The van der Waals surface area contributed by atoms with Crippen LogP contribution in [0.5, 0.6) is 0 Å². The summed E-state index contributed by atoms with van der Waals surface area (Å²) in [6.07, 6.45) is 61.8. The fourth-order valence-electron chi connectivity index (χ4n) is 8.36. The molecule has 0 radical (unpaired) electrons. The third-order valence-electron chi connectivity index (χ3n) is 12.7. The third-order valence-corrected chi connectivity index (χ3v) is 12.7. The maximum atomic E-state index is 12.8. The highest BCUT2D eigenvalue weighted by Crippen LogP contribution is 2.17. The second kappa shape index (κ2) is 53.5. The summed E-state index contributed by atoms with van der Waals surface area (Å²) in [6, 6.07) is 0. The van der Waals surface area contributed by atoms with Gasteiger partial charge in [-0.2, -0.15) is 0 Å². The molecule has 6 heteroatoms. The molecule has 0 aromatic rings. The summed E-state index contributed by atoms with van der Waals surface area (Å²) in [5.74, 6) is -0.876. The molecule has 0 saturated carbocycles. The first-order valence-electron chi connectivity index (χ1n) is 28.3. The largest absolute Gasteiger partial charge is 0.462 e. The lowest BCUT2D eigenvalue weighted by Crippen LogP contribution is -2.30. The van der Waals surface area contributed by atoms with Gasteiger partial charge in [-0.25, -0.2) is 0 Å². The minimum atomic E-state index is -0.774. The number of ether oxygens (including phenoxy) is 3. The van der Waals surface area contributed by atoms with E-state index < -0.39 is 6.10 Å². The lowest BCUT2D eigenvalue weighted by Gasteiger charge is -2.18. The number of rotatable bonds is 52. The molecular weight excluding hydrogens is 793 g/mol. The van der Waals surface area contributed by atoms with Crippen LogP contribution in [-0.2, 0) is 28.6 Å². The van der Waals surface area contributed by atoms with Crippen molar-refractivity contribution < 1.29 is 28.6 Å². The van der Waals surface area contributed by atoms with Crippen molar-refractivity contribution in [1.82, 2.24) is 0 Å². The minimum Gasteiger partial charge on any atom is -0.462 e. The van der Waals surface area contributed by atoms with Gasteiger partial charge in [0.25, 0.3) is 0 Å². The Bertz CT molecular complexity index is 1040. The average molecular weight is 901 g/mol. The van der Waals surface area contributed by atoms with Crippen LogP contribution in [0.1, 0.15) is 310 Å². The van der Waals surface area contributed by atoms with E-state index in [1.807, 2.05) is 0 Å². The Balaban J connectivity index is 4.22. The van der Waals surface area contributed by atoms with E-state index in [0.29, 0.717) is 19.3 Å². The van der Waals surface area contributed by atoms with Gasteiger partial charge in [0, 0.05) is 19.3 Å². The molecule has 0 amide bonds. The Labute approximate surface area is 398 Å². The van der Waals surface area contributed by atoms with Gasteiger partial charge in [-0.15, -0.1) is 0 Å². The standard InChI is InChI=1S/C58H108O6/c1-4-7-10-13-16-19-22-24-25-26-27-28-29-30-31-32-34-36-39-42-45-48-51-57(60)63-54-55(53-62-56(59)50-47-44-41-38-35-21-18-15-12-9-6-3)64-58(61)52-49-46-43-40-37-33-23-20-17-14-11-8-5-2/h15,18,20,23,55H,4-14,16-17,19,21-22,24-54H2,1-3H3/b18-15-,23-20-. The topological polar surface area (TPSA) is 78.9 Å². The van der Waals surface area contributed by atoms with Crippen molar-refractivity contribution in [3.8, 4) is 0 Å². The van der Waals surface area contributed by atoms with E-state index in [4.69, 9.17) is 14.2 Å². The van der Waals surface area contributed by atoms with Crippen molar-refractivity contribution in [3.05, 3.63) is 24.3 Å². The smallest absolute Gasteiger partial charge is 0.306 e. The highest BCUT2D eigenvalue weighted by molar-refractivity contribution is 5.71. The minimum absolute atomic E-state index is 0.0732. The maximum absolute atomic E-state index is 12.8. The monoisotopic (exact) mass is 901 g/mol. The normalized spacial score (nSPS) is 12.1. The molecule has 0 spiro atoms. The van der Waals surface area contributed by atoms with Gasteiger partial charge >= 0.3 is 17.9 Å². The van der Waals surface area contributed by atoms with Crippen LogP contribution in [0.2, 0.25) is 0 Å². The zero-order valence-corrected chi connectivity index (χ0v) is 43.1. The second-order valence-electron chi connectivity index (χ2n) is 19.2. The van der Waals surface area contributed by atoms with E-state index >= 15 is 0 Å². The lowest BCUT2D eigenvalue weighted by molar-refractivity contribution is -0.167. The van der Waals surface area contributed by atoms with Gasteiger partial charge in [0.05, 0.1) is 0 Å². The van der Waals surface area contributed by atoms with Crippen molar-refractivity contribution in [3.63, 3.8) is 0 Å². The number of carbonyl (C=O) groups is 3. The summed E-state index contributed by atoms with van der Waals surface area (Å²) in [5, 5.41) is 0. The predicted molar refractivity (Wildman–Crippen MR) is 275 cm³/mol. The number of hydrogen-bond donors (Lipinski definition) is 0. The summed E-state index contributed by atoms with van der Waals surface area (Å²) >= 11 is 0. The van der Waals surface area contributed by atoms with E-state index in [0.717, 1.165) is 70.6 Å². The van der Waals surface area contributed by atoms with E-state index in [9.17, 15) is 14.4 Å². The molecular formula is C58H108O6. The van der Waals surface area contributed by atoms with E-state index in [2.05, 4.69) is 45.1 Å². The zero-order chi connectivity index (χ0) is 46.5. The predicted octanol–water partition coefficient (Wildman–Crippen LogP) is 18.7. The summed E-state index contributed by atoms with van der Waals surface area (Å²) in [6.45, 7) is 6.61. The molecule has 0 bridgehead atoms. The van der Waals surface area contributed by atoms with Crippen molar-refractivity contribution in [2.75, 3.05) is 13.2 Å². The molecule has 0 fully saturated rings. The summed E-state index contributed by atoms with van der Waals surface area (Å²) in [5.41, 5.74) is 0. The SMILES string of the molecule is CCCC/C=C\CCCCCCCC(=O)OCC(COC(=O)CCCCCCCCCCCCCCCCCCCCCCCC)OC(=O)CCCCCCC/C=C\CCCCCC. The van der Waals surface area contributed by atoms with E-state index in [1.165, 1.54) is 199 Å². The third kappa shape index (κ3) is 50.9. The molecule has 376 valence electrons. The molecule has 1 unspecified atom stereocenters. The molecule has 0 rings (SSSR count). The first-order chi connectivity index (χ1) is 31.5. The molecule has 0 heterocycles. The average Bonchev–Trinajstić information content (AvgIpc) is 3.29. The molecule has 1 atom stereocenters. The number of hydrogen-bond acceptors (Lipinski definition) is 6. The van der Waals surface area contributed by atoms with Gasteiger partial charge in [0.15, 0.2) is 6.10 Å². The van der Waals surface area contributed by atoms with Gasteiger partial charge < -0.3 is 14.2 Å². The van der Waals surface area contributed by atoms with Gasteiger partial charge in [-0.05, 0) is 64.2 Å². The first kappa shape index (κ1) is 61.9. The summed E-state index contributed by atoms with van der Waals surface area (Å²) in [7, 11) is 0. The number of allylic oxidation sites excluding steroid dienone is 4. The molecule has 0 aliphatic rings. The Morgan fingerprint density at radius 2 is 0.531 bits per heavy atom. The number of carbonyl (C=O) groups excluding carboxylic acids is 3. The maximum Gasteiger partial charge on any atom is 0.306 e. The highest BCUT2D eigenvalue weighted by Gasteiger charge is 2.19. The molecule has 0 aliphatic carbocycles. The quantitative estimate of drug-likeness (QED) is 0.0262. The molecule has 0 saturated heterocycles.